The Morgan fingerprint density at radius 2 is 2.00 bits per heavy atom. The summed E-state index contributed by atoms with van der Waals surface area (Å²) in [4.78, 5) is 22.6. The molecule has 1 aromatic heterocycles. The van der Waals surface area contributed by atoms with Crippen LogP contribution in [0.2, 0.25) is 0 Å². The number of aryl methyl sites for hydroxylation is 1. The van der Waals surface area contributed by atoms with E-state index in [9.17, 15) is 9.18 Å². The molecular weight excluding hydrogens is 445 g/mol. The molecule has 0 bridgehead atoms. The molecule has 0 saturated carbocycles. The minimum Gasteiger partial charge on any atom is -0.496 e. The average Bonchev–Trinajstić information content (AvgIpc) is 3.27. The van der Waals surface area contributed by atoms with Crippen molar-refractivity contribution < 1.29 is 18.7 Å². The smallest absolute Gasteiger partial charge is 0.250 e. The molecule has 0 spiro atoms. The summed E-state index contributed by atoms with van der Waals surface area (Å²) >= 11 is 0. The summed E-state index contributed by atoms with van der Waals surface area (Å²) in [5, 5.41) is 0. The third-order valence-corrected chi connectivity index (χ3v) is 6.53. The van der Waals surface area contributed by atoms with E-state index in [1.54, 1.807) is 31.4 Å². The predicted octanol–water partition coefficient (Wildman–Crippen LogP) is 5.62. The molecule has 7 heteroatoms. The lowest BCUT2D eigenvalue weighted by Gasteiger charge is -2.29. The summed E-state index contributed by atoms with van der Waals surface area (Å²) in [5.41, 5.74) is 3.99. The monoisotopic (exact) mass is 477 g/mol. The molecule has 1 aliphatic heterocycles. The number of benzene rings is 2. The molecular formula is C28H32FN3O3. The Kier molecular flexibility index (Phi) is 7.08. The number of imidazole rings is 1. The van der Waals surface area contributed by atoms with E-state index in [0.29, 0.717) is 30.8 Å². The highest BCUT2D eigenvalue weighted by Crippen LogP contribution is 2.31. The van der Waals surface area contributed by atoms with E-state index >= 15 is 0 Å². The van der Waals surface area contributed by atoms with Gasteiger partial charge in [-0.05, 0) is 69.0 Å². The molecule has 35 heavy (non-hydrogen) atoms. The molecule has 1 aliphatic rings. The van der Waals surface area contributed by atoms with Crippen LogP contribution in [-0.2, 0) is 21.7 Å². The highest BCUT2D eigenvalue weighted by molar-refractivity contribution is 5.98. The second-order valence-corrected chi connectivity index (χ2v) is 9.40. The van der Waals surface area contributed by atoms with Gasteiger partial charge in [-0.25, -0.2) is 9.37 Å². The molecule has 0 aliphatic carbocycles. The number of carbonyl (C=O) groups excluding carboxylic acids is 1. The Morgan fingerprint density at radius 3 is 2.66 bits per heavy atom. The van der Waals surface area contributed by atoms with Crippen LogP contribution in [0.5, 0.6) is 5.75 Å². The topological polar surface area (TPSA) is 67.5 Å². The first-order valence-corrected chi connectivity index (χ1v) is 11.8. The van der Waals surface area contributed by atoms with E-state index in [1.807, 2.05) is 51.1 Å². The van der Waals surface area contributed by atoms with Gasteiger partial charge >= 0.3 is 0 Å². The van der Waals surface area contributed by atoms with Crippen LogP contribution < -0.4 is 4.74 Å². The summed E-state index contributed by atoms with van der Waals surface area (Å²) in [7, 11) is 3.19. The maximum absolute atomic E-state index is 14.8. The summed E-state index contributed by atoms with van der Waals surface area (Å²) in [6.07, 6.45) is 5.25. The number of methoxy groups -OCH3 is 2. The normalized spacial score (nSPS) is 15.7. The van der Waals surface area contributed by atoms with Gasteiger partial charge in [-0.2, -0.15) is 0 Å². The van der Waals surface area contributed by atoms with Crippen LogP contribution in [0.3, 0.4) is 0 Å². The lowest BCUT2D eigenvalue weighted by Crippen LogP contribution is -2.36. The average molecular weight is 478 g/mol. The van der Waals surface area contributed by atoms with E-state index in [1.165, 1.54) is 6.07 Å². The maximum atomic E-state index is 14.8. The SMILES string of the molecule is COc1cc(/C=C2\CCCN(Cc3ccc(C(C)(C)OC)c(F)c3)C2=O)ccc1-c1ncc(C)[nH]1. The number of H-pyrrole nitrogens is 1. The van der Waals surface area contributed by atoms with Crippen LogP contribution in [0, 0.1) is 12.7 Å². The van der Waals surface area contributed by atoms with Crippen molar-refractivity contribution in [1.82, 2.24) is 14.9 Å². The van der Waals surface area contributed by atoms with Gasteiger partial charge in [0.2, 0.25) is 5.91 Å². The Hall–Kier alpha value is -3.45. The van der Waals surface area contributed by atoms with Crippen molar-refractivity contribution in [2.24, 2.45) is 0 Å². The first-order valence-electron chi connectivity index (χ1n) is 11.8. The van der Waals surface area contributed by atoms with Crippen molar-refractivity contribution in [3.05, 3.63) is 76.4 Å². The number of carbonyl (C=O) groups is 1. The zero-order chi connectivity index (χ0) is 25.2. The number of likely N-dealkylation sites (tertiary alicyclic amines) is 1. The van der Waals surface area contributed by atoms with Crippen LogP contribution in [-0.4, -0.2) is 41.5 Å². The van der Waals surface area contributed by atoms with Crippen molar-refractivity contribution in [1.29, 1.82) is 0 Å². The molecule has 4 rings (SSSR count). The Balaban J connectivity index is 1.53. The lowest BCUT2D eigenvalue weighted by atomic mass is 9.95. The van der Waals surface area contributed by atoms with Crippen molar-refractivity contribution in [3.8, 4) is 17.1 Å². The summed E-state index contributed by atoms with van der Waals surface area (Å²) in [5.74, 6) is 1.07. The van der Waals surface area contributed by atoms with Crippen molar-refractivity contribution in [2.75, 3.05) is 20.8 Å². The van der Waals surface area contributed by atoms with Gasteiger partial charge in [0.25, 0.3) is 0 Å². The molecule has 0 unspecified atom stereocenters. The molecule has 2 aromatic carbocycles. The van der Waals surface area contributed by atoms with E-state index < -0.39 is 5.60 Å². The van der Waals surface area contributed by atoms with Gasteiger partial charge in [-0.1, -0.05) is 18.2 Å². The highest BCUT2D eigenvalue weighted by atomic mass is 19.1. The number of nitrogens with one attached hydrogen (secondary N) is 1. The van der Waals surface area contributed by atoms with E-state index in [2.05, 4.69) is 9.97 Å². The molecule has 184 valence electrons. The lowest BCUT2D eigenvalue weighted by molar-refractivity contribution is -0.129. The fourth-order valence-corrected chi connectivity index (χ4v) is 4.38. The van der Waals surface area contributed by atoms with E-state index in [4.69, 9.17) is 9.47 Å². The molecule has 1 N–H and O–H groups in total. The number of ether oxygens (including phenoxy) is 2. The molecule has 0 radical (unpaired) electrons. The molecule has 2 heterocycles. The number of nitrogens with zero attached hydrogens (tertiary/aromatic N) is 2. The van der Waals surface area contributed by atoms with Gasteiger partial charge < -0.3 is 19.4 Å². The zero-order valence-corrected chi connectivity index (χ0v) is 20.9. The molecule has 3 aromatic rings. The second-order valence-electron chi connectivity index (χ2n) is 9.40. The highest BCUT2D eigenvalue weighted by Gasteiger charge is 2.26. The van der Waals surface area contributed by atoms with E-state index in [-0.39, 0.29) is 11.7 Å². The molecule has 0 atom stereocenters. The third kappa shape index (κ3) is 5.30. The minimum atomic E-state index is -0.716. The van der Waals surface area contributed by atoms with Crippen molar-refractivity contribution >= 4 is 12.0 Å². The first kappa shape index (κ1) is 24.7. The zero-order valence-electron chi connectivity index (χ0n) is 20.9. The minimum absolute atomic E-state index is 0.0253. The molecule has 6 nitrogen and oxygen atoms in total. The number of halogens is 1. The second kappa shape index (κ2) is 10.0. The molecule has 1 amide bonds. The van der Waals surface area contributed by atoms with Crippen LogP contribution in [0.4, 0.5) is 4.39 Å². The Morgan fingerprint density at radius 1 is 1.20 bits per heavy atom. The standard InChI is InChI=1S/C28H32FN3O3/c1-18-16-30-26(31-18)22-10-8-19(15-25(22)34-4)13-21-7-6-12-32(27(21)33)17-20-9-11-23(24(29)14-20)28(2,3)35-5/h8-11,13-16H,6-7,12,17H2,1-5H3,(H,30,31)/b21-13+. The van der Waals surface area contributed by atoms with E-state index in [0.717, 1.165) is 40.2 Å². The van der Waals surface area contributed by atoms with Gasteiger partial charge in [0.1, 0.15) is 17.4 Å². The quantitative estimate of drug-likeness (QED) is 0.449. The van der Waals surface area contributed by atoms with Crippen LogP contribution in [0.25, 0.3) is 17.5 Å². The number of aromatic nitrogens is 2. The number of piperidine rings is 1. The summed E-state index contributed by atoms with van der Waals surface area (Å²) < 4.78 is 25.8. The number of aromatic amines is 1. The maximum Gasteiger partial charge on any atom is 0.250 e. The van der Waals surface area contributed by atoms with Crippen LogP contribution in [0.1, 0.15) is 49.1 Å². The number of hydrogen-bond donors (Lipinski definition) is 1. The largest absolute Gasteiger partial charge is 0.496 e. The van der Waals surface area contributed by atoms with Crippen LogP contribution in [0.15, 0.2) is 48.2 Å². The fraction of sp³-hybridized carbons (Fsp3) is 0.357. The van der Waals surface area contributed by atoms with Crippen LogP contribution >= 0.6 is 0 Å². The molecule has 1 fully saturated rings. The third-order valence-electron chi connectivity index (χ3n) is 6.53. The number of rotatable bonds is 7. The van der Waals surface area contributed by atoms with Gasteiger partial charge in [0.05, 0.1) is 18.3 Å². The Labute approximate surface area is 205 Å². The summed E-state index contributed by atoms with van der Waals surface area (Å²) in [6, 6.07) is 10.9. The van der Waals surface area contributed by atoms with Gasteiger partial charge in [0.15, 0.2) is 0 Å². The fourth-order valence-electron chi connectivity index (χ4n) is 4.38. The number of amides is 1. The first-order chi connectivity index (χ1) is 16.7. The molecule has 1 saturated heterocycles. The summed E-state index contributed by atoms with van der Waals surface area (Å²) in [6.45, 7) is 6.61. The Bertz CT molecular complexity index is 1260. The van der Waals surface area contributed by atoms with Crippen molar-refractivity contribution in [2.45, 2.75) is 45.8 Å². The predicted molar refractivity (Wildman–Crippen MR) is 134 cm³/mol. The van der Waals surface area contributed by atoms with Gasteiger partial charge in [0, 0.05) is 43.2 Å². The van der Waals surface area contributed by atoms with Crippen molar-refractivity contribution in [3.63, 3.8) is 0 Å². The van der Waals surface area contributed by atoms with Gasteiger partial charge in [-0.3, -0.25) is 4.79 Å². The number of hydrogen-bond acceptors (Lipinski definition) is 4. The van der Waals surface area contributed by atoms with Gasteiger partial charge in [-0.15, -0.1) is 0 Å².